The van der Waals surface area contributed by atoms with E-state index >= 15 is 0 Å². The Balaban J connectivity index is 2.09. The summed E-state index contributed by atoms with van der Waals surface area (Å²) in [5, 5.41) is 8.60. The molecule has 1 heterocycles. The number of carbonyl (C=O) groups is 1. The van der Waals surface area contributed by atoms with E-state index in [1.54, 1.807) is 11.3 Å². The van der Waals surface area contributed by atoms with Gasteiger partial charge < -0.3 is 10.6 Å². The minimum atomic E-state index is -0.0406. The first-order valence-corrected chi connectivity index (χ1v) is 8.08. The highest BCUT2D eigenvalue weighted by atomic mass is 32.1. The number of para-hydroxylation sites is 1. The molecule has 0 aliphatic heterocycles. The van der Waals surface area contributed by atoms with E-state index in [-0.39, 0.29) is 5.91 Å². The average Bonchev–Trinajstić information content (AvgIpc) is 2.93. The van der Waals surface area contributed by atoms with Gasteiger partial charge in [0.1, 0.15) is 0 Å². The zero-order valence-electron chi connectivity index (χ0n) is 12.7. The lowest BCUT2D eigenvalue weighted by Gasteiger charge is -2.22. The van der Waals surface area contributed by atoms with Gasteiger partial charge in [0.05, 0.1) is 0 Å². The predicted octanol–water partition coefficient (Wildman–Crippen LogP) is 4.19. The monoisotopic (exact) mass is 302 g/mol. The molecular formula is C17H22N2OS. The maximum absolute atomic E-state index is 11.3. The Labute approximate surface area is 130 Å². The summed E-state index contributed by atoms with van der Waals surface area (Å²) in [6, 6.07) is 12.5. The number of hydrogen-bond acceptors (Lipinski definition) is 3. The van der Waals surface area contributed by atoms with E-state index in [2.05, 4.69) is 42.0 Å². The predicted molar refractivity (Wildman–Crippen MR) is 89.5 cm³/mol. The minimum absolute atomic E-state index is 0.0406. The van der Waals surface area contributed by atoms with E-state index in [4.69, 9.17) is 0 Å². The number of carbonyl (C=O) groups excluding carboxylic acids is 1. The van der Waals surface area contributed by atoms with Crippen LogP contribution in [0.1, 0.15) is 37.3 Å². The number of benzene rings is 1. The van der Waals surface area contributed by atoms with Crippen LogP contribution in [0.25, 0.3) is 0 Å². The van der Waals surface area contributed by atoms with Gasteiger partial charge in [-0.3, -0.25) is 4.79 Å². The van der Waals surface area contributed by atoms with Crippen LogP contribution < -0.4 is 10.6 Å². The summed E-state index contributed by atoms with van der Waals surface area (Å²) >= 11 is 1.78. The highest BCUT2D eigenvalue weighted by molar-refractivity contribution is 7.10. The van der Waals surface area contributed by atoms with E-state index in [1.807, 2.05) is 24.3 Å². The molecule has 21 heavy (non-hydrogen) atoms. The van der Waals surface area contributed by atoms with Crippen LogP contribution >= 0.6 is 11.3 Å². The van der Waals surface area contributed by atoms with Gasteiger partial charge in [-0.05, 0) is 29.0 Å². The molecule has 1 aromatic heterocycles. The van der Waals surface area contributed by atoms with E-state index < -0.39 is 0 Å². The molecule has 0 aliphatic rings. The summed E-state index contributed by atoms with van der Waals surface area (Å²) in [6.45, 7) is 6.71. The molecule has 0 fully saturated rings. The average molecular weight is 302 g/mol. The molecule has 0 saturated heterocycles. The maximum Gasteiger partial charge on any atom is 0.221 e. The lowest BCUT2D eigenvalue weighted by atomic mass is 10.0. The number of thiophene rings is 1. The molecule has 1 amide bonds. The summed E-state index contributed by atoms with van der Waals surface area (Å²) in [5.74, 6) is 0.470. The third-order valence-corrected chi connectivity index (χ3v) is 4.31. The Morgan fingerprint density at radius 2 is 1.95 bits per heavy atom. The van der Waals surface area contributed by atoms with E-state index in [0.717, 1.165) is 17.8 Å². The van der Waals surface area contributed by atoms with Gasteiger partial charge >= 0.3 is 0 Å². The van der Waals surface area contributed by atoms with Gasteiger partial charge in [-0.2, -0.15) is 0 Å². The van der Waals surface area contributed by atoms with E-state index in [1.165, 1.54) is 11.8 Å². The summed E-state index contributed by atoms with van der Waals surface area (Å²) in [7, 11) is 0. The third-order valence-electron chi connectivity index (χ3n) is 3.36. The van der Waals surface area contributed by atoms with Gasteiger partial charge in [0.15, 0.2) is 0 Å². The van der Waals surface area contributed by atoms with Crippen molar-refractivity contribution >= 4 is 22.9 Å². The number of amides is 1. The van der Waals surface area contributed by atoms with Crippen LogP contribution in [-0.2, 0) is 11.3 Å². The van der Waals surface area contributed by atoms with Crippen LogP contribution in [0, 0.1) is 5.92 Å². The Hall–Kier alpha value is -1.65. The number of nitrogens with one attached hydrogen (secondary N) is 2. The first-order valence-electron chi connectivity index (χ1n) is 7.20. The second kappa shape index (κ2) is 7.38. The summed E-state index contributed by atoms with van der Waals surface area (Å²) in [6.07, 6.45) is 0. The van der Waals surface area contributed by atoms with Crippen LogP contribution in [0.2, 0.25) is 0 Å². The van der Waals surface area contributed by atoms with Gasteiger partial charge in [0.25, 0.3) is 0 Å². The first-order chi connectivity index (χ1) is 10.1. The molecular weight excluding hydrogens is 280 g/mol. The maximum atomic E-state index is 11.3. The zero-order valence-corrected chi connectivity index (χ0v) is 13.5. The smallest absolute Gasteiger partial charge is 0.221 e. The topological polar surface area (TPSA) is 41.1 Å². The van der Waals surface area contributed by atoms with Crippen LogP contribution in [0.3, 0.4) is 0 Å². The van der Waals surface area contributed by atoms with E-state index in [9.17, 15) is 4.79 Å². The molecule has 3 nitrogen and oxygen atoms in total. The molecule has 1 unspecified atom stereocenters. The van der Waals surface area contributed by atoms with Crippen molar-refractivity contribution in [3.05, 3.63) is 52.2 Å². The van der Waals surface area contributed by atoms with Gasteiger partial charge in [-0.25, -0.2) is 0 Å². The minimum Gasteiger partial charge on any atom is -0.326 e. The fourth-order valence-electron chi connectivity index (χ4n) is 2.34. The van der Waals surface area contributed by atoms with Crippen LogP contribution in [0.15, 0.2) is 41.8 Å². The quantitative estimate of drug-likeness (QED) is 0.840. The molecule has 1 atom stereocenters. The molecule has 1 aromatic carbocycles. The lowest BCUT2D eigenvalue weighted by Crippen LogP contribution is -2.25. The van der Waals surface area contributed by atoms with Crippen LogP contribution in [-0.4, -0.2) is 5.91 Å². The molecule has 0 aliphatic carbocycles. The van der Waals surface area contributed by atoms with Crippen molar-refractivity contribution in [2.75, 3.05) is 5.32 Å². The first kappa shape index (κ1) is 15.7. The van der Waals surface area contributed by atoms with Crippen molar-refractivity contribution in [2.45, 2.75) is 33.4 Å². The van der Waals surface area contributed by atoms with Crippen molar-refractivity contribution in [3.63, 3.8) is 0 Å². The standard InChI is InChI=1S/C17H22N2OS/c1-12(2)17(16-9-6-10-21-16)18-11-14-7-4-5-8-15(14)19-13(3)20/h4-10,12,17-18H,11H2,1-3H3,(H,19,20). The molecule has 0 saturated carbocycles. The fourth-order valence-corrected chi connectivity index (χ4v) is 3.31. The van der Waals surface area contributed by atoms with Gasteiger partial charge in [-0.1, -0.05) is 38.1 Å². The van der Waals surface area contributed by atoms with Crippen molar-refractivity contribution in [2.24, 2.45) is 5.92 Å². The van der Waals surface area contributed by atoms with Crippen molar-refractivity contribution < 1.29 is 4.79 Å². The number of anilines is 1. The van der Waals surface area contributed by atoms with Crippen molar-refractivity contribution in [1.82, 2.24) is 5.32 Å². The summed E-state index contributed by atoms with van der Waals surface area (Å²) in [4.78, 5) is 12.6. The molecule has 0 bridgehead atoms. The third kappa shape index (κ3) is 4.41. The Morgan fingerprint density at radius 3 is 2.57 bits per heavy atom. The molecule has 2 aromatic rings. The van der Waals surface area contributed by atoms with E-state index in [0.29, 0.717) is 12.0 Å². The molecule has 0 radical (unpaired) electrons. The van der Waals surface area contributed by atoms with Crippen molar-refractivity contribution in [1.29, 1.82) is 0 Å². The molecule has 2 rings (SSSR count). The molecule has 112 valence electrons. The van der Waals surface area contributed by atoms with Crippen molar-refractivity contribution in [3.8, 4) is 0 Å². The second-order valence-electron chi connectivity index (χ2n) is 5.46. The fraction of sp³-hybridized carbons (Fsp3) is 0.353. The highest BCUT2D eigenvalue weighted by Gasteiger charge is 2.16. The second-order valence-corrected chi connectivity index (χ2v) is 6.44. The molecule has 0 spiro atoms. The number of hydrogen-bond donors (Lipinski definition) is 2. The molecule has 4 heteroatoms. The van der Waals surface area contributed by atoms with Gasteiger partial charge in [0.2, 0.25) is 5.91 Å². The van der Waals surface area contributed by atoms with Crippen LogP contribution in [0.5, 0.6) is 0 Å². The Morgan fingerprint density at radius 1 is 1.19 bits per heavy atom. The van der Waals surface area contributed by atoms with Gasteiger partial charge in [0, 0.05) is 30.1 Å². The van der Waals surface area contributed by atoms with Crippen LogP contribution in [0.4, 0.5) is 5.69 Å². The highest BCUT2D eigenvalue weighted by Crippen LogP contribution is 2.26. The van der Waals surface area contributed by atoms with Gasteiger partial charge in [-0.15, -0.1) is 11.3 Å². The summed E-state index contributed by atoms with van der Waals surface area (Å²) < 4.78 is 0. The normalized spacial score (nSPS) is 12.4. The Kier molecular flexibility index (Phi) is 5.53. The summed E-state index contributed by atoms with van der Waals surface area (Å²) in [5.41, 5.74) is 1.99. The number of rotatable bonds is 6. The molecule has 2 N–H and O–H groups in total. The largest absolute Gasteiger partial charge is 0.326 e. The lowest BCUT2D eigenvalue weighted by molar-refractivity contribution is -0.114. The zero-order chi connectivity index (χ0) is 15.2. The Bertz CT molecular complexity index is 578. The SMILES string of the molecule is CC(=O)Nc1ccccc1CNC(c1cccs1)C(C)C.